The summed E-state index contributed by atoms with van der Waals surface area (Å²) in [5.74, 6) is -1.39. The molecule has 1 amide bonds. The Morgan fingerprint density at radius 2 is 1.73 bits per heavy atom. The number of halogens is 3. The number of rotatable bonds is 7. The van der Waals surface area contributed by atoms with Gasteiger partial charge in [-0.3, -0.25) is 4.79 Å². The van der Waals surface area contributed by atoms with Gasteiger partial charge in [0.25, 0.3) is 0 Å². The molecular weight excluding hydrogens is 347 g/mol. The number of carbonyl (C=O) groups is 2. The van der Waals surface area contributed by atoms with E-state index in [-0.39, 0.29) is 30.7 Å². The summed E-state index contributed by atoms with van der Waals surface area (Å²) in [6.07, 6.45) is -4.98. The molecule has 7 heteroatoms. The Hall–Kier alpha value is -2.83. The van der Waals surface area contributed by atoms with E-state index in [2.05, 4.69) is 5.32 Å². The second-order valence-electron chi connectivity index (χ2n) is 5.83. The third-order valence-electron chi connectivity index (χ3n) is 3.78. The van der Waals surface area contributed by atoms with Crippen LogP contribution in [0.5, 0.6) is 0 Å². The van der Waals surface area contributed by atoms with E-state index in [4.69, 9.17) is 5.11 Å². The van der Waals surface area contributed by atoms with Gasteiger partial charge in [-0.1, -0.05) is 30.3 Å². The van der Waals surface area contributed by atoms with Gasteiger partial charge in [0.15, 0.2) is 0 Å². The van der Waals surface area contributed by atoms with Crippen LogP contribution in [0.4, 0.5) is 18.9 Å². The number of nitrogens with one attached hydrogen (secondary N) is 1. The lowest BCUT2D eigenvalue weighted by atomic mass is 10.0. The molecule has 0 saturated carbocycles. The SMILES string of the molecule is O=C(CCc1ccccc1C(=O)O)Nc1cccc(CCC(F)(F)F)c1. The first-order chi connectivity index (χ1) is 12.2. The highest BCUT2D eigenvalue weighted by atomic mass is 19.4. The maximum absolute atomic E-state index is 12.3. The van der Waals surface area contributed by atoms with Gasteiger partial charge in [0.05, 0.1) is 5.56 Å². The van der Waals surface area contributed by atoms with Gasteiger partial charge in [-0.2, -0.15) is 13.2 Å². The van der Waals surface area contributed by atoms with E-state index in [9.17, 15) is 22.8 Å². The molecule has 2 rings (SSSR count). The zero-order chi connectivity index (χ0) is 19.2. The van der Waals surface area contributed by atoms with Gasteiger partial charge in [0.2, 0.25) is 5.91 Å². The van der Waals surface area contributed by atoms with E-state index in [0.29, 0.717) is 16.8 Å². The summed E-state index contributed by atoms with van der Waals surface area (Å²) in [6, 6.07) is 12.7. The Kier molecular flexibility index (Phi) is 6.38. The van der Waals surface area contributed by atoms with Crippen LogP contribution in [0.3, 0.4) is 0 Å². The number of aromatic carboxylic acids is 1. The molecule has 0 radical (unpaired) electrons. The lowest BCUT2D eigenvalue weighted by Gasteiger charge is -2.10. The van der Waals surface area contributed by atoms with Crippen LogP contribution in [0.15, 0.2) is 48.5 Å². The normalized spacial score (nSPS) is 11.2. The standard InChI is InChI=1S/C19H18F3NO3/c20-19(21,22)11-10-13-4-3-6-15(12-13)23-17(24)9-8-14-5-1-2-7-16(14)18(25)26/h1-7,12H,8-11H2,(H,23,24)(H,25,26). The summed E-state index contributed by atoms with van der Waals surface area (Å²) in [5.41, 5.74) is 1.60. The maximum atomic E-state index is 12.3. The fourth-order valence-electron chi connectivity index (χ4n) is 2.51. The molecule has 138 valence electrons. The zero-order valence-corrected chi connectivity index (χ0v) is 13.8. The molecule has 2 aromatic carbocycles. The Morgan fingerprint density at radius 1 is 1.00 bits per heavy atom. The van der Waals surface area contributed by atoms with E-state index in [1.54, 1.807) is 36.4 Å². The number of carboxylic acids is 1. The minimum absolute atomic E-state index is 0.0665. The van der Waals surface area contributed by atoms with Crippen molar-refractivity contribution >= 4 is 17.6 Å². The van der Waals surface area contributed by atoms with Crippen LogP contribution in [0, 0.1) is 0 Å². The van der Waals surface area contributed by atoms with E-state index < -0.39 is 18.6 Å². The summed E-state index contributed by atoms with van der Waals surface area (Å²) in [5, 5.41) is 11.8. The molecule has 0 aliphatic heterocycles. The quantitative estimate of drug-likeness (QED) is 0.762. The third-order valence-corrected chi connectivity index (χ3v) is 3.78. The second-order valence-corrected chi connectivity index (χ2v) is 5.83. The molecule has 0 aliphatic carbocycles. The van der Waals surface area contributed by atoms with E-state index >= 15 is 0 Å². The first kappa shape index (κ1) is 19.5. The maximum Gasteiger partial charge on any atom is 0.389 e. The molecule has 0 atom stereocenters. The predicted octanol–water partition coefficient (Wildman–Crippen LogP) is 4.45. The Balaban J connectivity index is 1.93. The van der Waals surface area contributed by atoms with Crippen LogP contribution in [0.25, 0.3) is 0 Å². The number of hydrogen-bond donors (Lipinski definition) is 2. The monoisotopic (exact) mass is 365 g/mol. The summed E-state index contributed by atoms with van der Waals surface area (Å²) in [4.78, 5) is 23.2. The number of benzene rings is 2. The highest BCUT2D eigenvalue weighted by Crippen LogP contribution is 2.23. The Labute approximate surface area is 148 Å². The molecule has 0 heterocycles. The van der Waals surface area contributed by atoms with Crippen LogP contribution >= 0.6 is 0 Å². The van der Waals surface area contributed by atoms with Gasteiger partial charge in [-0.25, -0.2) is 4.79 Å². The van der Waals surface area contributed by atoms with Gasteiger partial charge < -0.3 is 10.4 Å². The largest absolute Gasteiger partial charge is 0.478 e. The lowest BCUT2D eigenvalue weighted by Crippen LogP contribution is -2.14. The van der Waals surface area contributed by atoms with Gasteiger partial charge in [-0.05, 0) is 42.2 Å². The number of carboxylic acid groups (broad SMARTS) is 1. The average Bonchev–Trinajstić information content (AvgIpc) is 2.58. The van der Waals surface area contributed by atoms with Crippen molar-refractivity contribution in [3.8, 4) is 0 Å². The van der Waals surface area contributed by atoms with Crippen LogP contribution in [-0.2, 0) is 17.6 Å². The van der Waals surface area contributed by atoms with Crippen LogP contribution in [-0.4, -0.2) is 23.2 Å². The van der Waals surface area contributed by atoms with Crippen molar-refractivity contribution in [2.24, 2.45) is 0 Å². The predicted molar refractivity (Wildman–Crippen MR) is 91.2 cm³/mol. The summed E-state index contributed by atoms with van der Waals surface area (Å²) < 4.78 is 36.9. The van der Waals surface area contributed by atoms with Crippen molar-refractivity contribution in [3.05, 3.63) is 65.2 Å². The minimum Gasteiger partial charge on any atom is -0.478 e. The summed E-state index contributed by atoms with van der Waals surface area (Å²) in [6.45, 7) is 0. The summed E-state index contributed by atoms with van der Waals surface area (Å²) >= 11 is 0. The smallest absolute Gasteiger partial charge is 0.389 e. The molecule has 2 N–H and O–H groups in total. The molecule has 0 aliphatic rings. The van der Waals surface area contributed by atoms with E-state index in [1.807, 2.05) is 0 Å². The average molecular weight is 365 g/mol. The molecule has 0 saturated heterocycles. The van der Waals surface area contributed by atoms with Crippen molar-refractivity contribution in [1.29, 1.82) is 0 Å². The van der Waals surface area contributed by atoms with Crippen molar-refractivity contribution in [2.75, 3.05) is 5.32 Å². The number of anilines is 1. The highest BCUT2D eigenvalue weighted by Gasteiger charge is 2.26. The number of alkyl halides is 3. The van der Waals surface area contributed by atoms with Crippen LogP contribution in [0.2, 0.25) is 0 Å². The number of aryl methyl sites for hydroxylation is 2. The molecule has 26 heavy (non-hydrogen) atoms. The van der Waals surface area contributed by atoms with Crippen molar-refractivity contribution in [1.82, 2.24) is 0 Å². The van der Waals surface area contributed by atoms with Gasteiger partial charge in [0, 0.05) is 18.5 Å². The molecular formula is C19H18F3NO3. The topological polar surface area (TPSA) is 66.4 Å². The molecule has 0 spiro atoms. The lowest BCUT2D eigenvalue weighted by molar-refractivity contribution is -0.134. The first-order valence-corrected chi connectivity index (χ1v) is 8.01. The number of hydrogen-bond acceptors (Lipinski definition) is 2. The van der Waals surface area contributed by atoms with Gasteiger partial charge in [0.1, 0.15) is 0 Å². The van der Waals surface area contributed by atoms with Crippen LogP contribution < -0.4 is 5.32 Å². The number of amides is 1. The Bertz CT molecular complexity index is 788. The molecule has 0 bridgehead atoms. The highest BCUT2D eigenvalue weighted by molar-refractivity contribution is 5.92. The van der Waals surface area contributed by atoms with Crippen LogP contribution in [0.1, 0.15) is 34.3 Å². The molecule has 0 fully saturated rings. The fourth-order valence-corrected chi connectivity index (χ4v) is 2.51. The van der Waals surface area contributed by atoms with E-state index in [1.165, 1.54) is 12.1 Å². The second kappa shape index (κ2) is 8.51. The Morgan fingerprint density at radius 3 is 2.42 bits per heavy atom. The molecule has 0 unspecified atom stereocenters. The van der Waals surface area contributed by atoms with Gasteiger partial charge >= 0.3 is 12.1 Å². The zero-order valence-electron chi connectivity index (χ0n) is 13.8. The summed E-state index contributed by atoms with van der Waals surface area (Å²) in [7, 11) is 0. The minimum atomic E-state index is -4.23. The van der Waals surface area contributed by atoms with Crippen molar-refractivity contribution in [3.63, 3.8) is 0 Å². The third kappa shape index (κ3) is 6.23. The van der Waals surface area contributed by atoms with Crippen molar-refractivity contribution < 1.29 is 27.9 Å². The van der Waals surface area contributed by atoms with Crippen molar-refractivity contribution in [2.45, 2.75) is 31.9 Å². The molecule has 0 aromatic heterocycles. The van der Waals surface area contributed by atoms with E-state index in [0.717, 1.165) is 0 Å². The first-order valence-electron chi connectivity index (χ1n) is 8.01. The van der Waals surface area contributed by atoms with Gasteiger partial charge in [-0.15, -0.1) is 0 Å². The molecule has 4 nitrogen and oxygen atoms in total. The fraction of sp³-hybridized carbons (Fsp3) is 0.263. The molecule has 2 aromatic rings. The number of carbonyl (C=O) groups excluding carboxylic acids is 1.